The van der Waals surface area contributed by atoms with Gasteiger partial charge in [0, 0.05) is 19.4 Å². The Kier molecular flexibility index (Phi) is 7.45. The number of carbonyl (C=O) groups is 1. The van der Waals surface area contributed by atoms with Gasteiger partial charge in [0.25, 0.3) is 0 Å². The summed E-state index contributed by atoms with van der Waals surface area (Å²) in [6, 6.07) is 0. The van der Waals surface area contributed by atoms with Gasteiger partial charge in [-0.3, -0.25) is 4.79 Å². The summed E-state index contributed by atoms with van der Waals surface area (Å²) < 4.78 is 10.8. The fraction of sp³-hybridized carbons (Fsp3) is 0.722. The molecule has 2 N–H and O–H groups in total. The first-order valence-electron chi connectivity index (χ1n) is 8.15. The first-order valence-corrected chi connectivity index (χ1v) is 8.15. The van der Waals surface area contributed by atoms with E-state index in [1.165, 1.54) is 0 Å². The van der Waals surface area contributed by atoms with Crippen molar-refractivity contribution < 1.29 is 24.5 Å². The van der Waals surface area contributed by atoms with E-state index in [4.69, 9.17) is 9.47 Å². The molecule has 0 radical (unpaired) electrons. The molecule has 0 fully saturated rings. The molecule has 0 aliphatic carbocycles. The summed E-state index contributed by atoms with van der Waals surface area (Å²) in [5, 5.41) is 20.6. The Balaban J connectivity index is 3.03. The number of cyclic esters (lactones) is 1. The third kappa shape index (κ3) is 6.45. The molecule has 1 heterocycles. The Hall–Kier alpha value is -1.17. The monoisotopic (exact) mass is 326 g/mol. The first-order chi connectivity index (χ1) is 10.7. The van der Waals surface area contributed by atoms with Crippen molar-refractivity contribution in [3.05, 3.63) is 23.8 Å². The molecule has 5 unspecified atom stereocenters. The number of rotatable bonds is 1. The lowest BCUT2D eigenvalue weighted by Crippen LogP contribution is -2.32. The number of hydrogen-bond acceptors (Lipinski definition) is 5. The van der Waals surface area contributed by atoms with Crippen molar-refractivity contribution in [3.8, 4) is 0 Å². The number of ether oxygens (including phenoxy) is 2. The third-order valence-corrected chi connectivity index (χ3v) is 4.51. The van der Waals surface area contributed by atoms with Crippen molar-refractivity contribution in [1.29, 1.82) is 0 Å². The number of aliphatic hydroxyl groups is 2. The van der Waals surface area contributed by atoms with Crippen molar-refractivity contribution >= 4 is 5.97 Å². The molecule has 23 heavy (non-hydrogen) atoms. The van der Waals surface area contributed by atoms with Gasteiger partial charge in [0.1, 0.15) is 6.10 Å². The molecule has 0 amide bonds. The van der Waals surface area contributed by atoms with E-state index in [0.717, 1.165) is 5.57 Å². The fourth-order valence-electron chi connectivity index (χ4n) is 2.47. The Morgan fingerprint density at radius 2 is 2.04 bits per heavy atom. The maximum absolute atomic E-state index is 11.9. The minimum absolute atomic E-state index is 0.122. The molecule has 0 bridgehead atoms. The van der Waals surface area contributed by atoms with Gasteiger partial charge in [0.2, 0.25) is 0 Å². The van der Waals surface area contributed by atoms with Crippen molar-refractivity contribution in [2.75, 3.05) is 7.11 Å². The van der Waals surface area contributed by atoms with E-state index in [9.17, 15) is 15.0 Å². The van der Waals surface area contributed by atoms with E-state index in [1.807, 2.05) is 19.9 Å². The molecular weight excluding hydrogens is 296 g/mol. The third-order valence-electron chi connectivity index (χ3n) is 4.51. The van der Waals surface area contributed by atoms with Crippen LogP contribution in [0, 0.1) is 5.92 Å². The van der Waals surface area contributed by atoms with Crippen molar-refractivity contribution in [2.45, 2.75) is 70.9 Å². The van der Waals surface area contributed by atoms with Gasteiger partial charge < -0.3 is 19.7 Å². The van der Waals surface area contributed by atoms with E-state index in [1.54, 1.807) is 33.1 Å². The van der Waals surface area contributed by atoms with Crippen LogP contribution in [0.5, 0.6) is 0 Å². The van der Waals surface area contributed by atoms with Crippen LogP contribution >= 0.6 is 0 Å². The highest BCUT2D eigenvalue weighted by Crippen LogP contribution is 2.21. The van der Waals surface area contributed by atoms with Gasteiger partial charge in [0.05, 0.1) is 17.8 Å². The summed E-state index contributed by atoms with van der Waals surface area (Å²) in [4.78, 5) is 11.9. The quantitative estimate of drug-likeness (QED) is 0.571. The Morgan fingerprint density at radius 1 is 1.39 bits per heavy atom. The number of hydrogen-bond donors (Lipinski definition) is 2. The minimum Gasteiger partial charge on any atom is -0.462 e. The molecule has 0 spiro atoms. The van der Waals surface area contributed by atoms with E-state index in [-0.39, 0.29) is 36.9 Å². The summed E-state index contributed by atoms with van der Waals surface area (Å²) in [6.07, 6.45) is 4.96. The van der Waals surface area contributed by atoms with E-state index in [0.29, 0.717) is 6.42 Å². The van der Waals surface area contributed by atoms with Crippen LogP contribution in [-0.4, -0.2) is 47.2 Å². The normalized spacial score (nSPS) is 37.7. The summed E-state index contributed by atoms with van der Waals surface area (Å²) in [5.41, 5.74) is -0.137. The van der Waals surface area contributed by atoms with Crippen LogP contribution in [0.4, 0.5) is 0 Å². The van der Waals surface area contributed by atoms with Gasteiger partial charge in [0.15, 0.2) is 0 Å². The zero-order chi connectivity index (χ0) is 17.6. The maximum atomic E-state index is 11.9. The minimum atomic E-state index is -1.10. The van der Waals surface area contributed by atoms with E-state index < -0.39 is 11.7 Å². The molecule has 0 aromatic heterocycles. The van der Waals surface area contributed by atoms with Gasteiger partial charge in [-0.25, -0.2) is 0 Å². The van der Waals surface area contributed by atoms with E-state index in [2.05, 4.69) is 0 Å². The number of methoxy groups -OCH3 is 1. The van der Waals surface area contributed by atoms with E-state index >= 15 is 0 Å². The summed E-state index contributed by atoms with van der Waals surface area (Å²) >= 11 is 0. The van der Waals surface area contributed by atoms with Gasteiger partial charge in [-0.15, -0.1) is 0 Å². The predicted molar refractivity (Wildman–Crippen MR) is 88.9 cm³/mol. The Bertz CT molecular complexity index is 452. The molecule has 0 saturated heterocycles. The molecular formula is C18H30O5. The van der Waals surface area contributed by atoms with Crippen LogP contribution < -0.4 is 0 Å². The standard InChI is InChI=1S/C18H30O5/c1-12-6-7-15(19)13(2)14(3)23-17(20)9-11-18(4,21)10-8-16(12)22-5/h6,8,10,13-16,19,21H,7,9,11H2,1-5H3. The SMILES string of the molecule is COC1C=CC(C)(O)CCC(=O)OC(C)C(C)C(O)CC=C1C. The van der Waals surface area contributed by atoms with Gasteiger partial charge in [-0.05, 0) is 39.2 Å². The van der Waals surface area contributed by atoms with Crippen LogP contribution in [0.15, 0.2) is 23.8 Å². The lowest BCUT2D eigenvalue weighted by molar-refractivity contribution is -0.153. The second-order valence-electron chi connectivity index (χ2n) is 6.68. The molecule has 0 aromatic carbocycles. The van der Waals surface area contributed by atoms with Gasteiger partial charge >= 0.3 is 5.97 Å². The van der Waals surface area contributed by atoms with Crippen molar-refractivity contribution in [3.63, 3.8) is 0 Å². The van der Waals surface area contributed by atoms with Crippen LogP contribution in [0.25, 0.3) is 0 Å². The molecule has 132 valence electrons. The maximum Gasteiger partial charge on any atom is 0.306 e. The largest absolute Gasteiger partial charge is 0.462 e. The topological polar surface area (TPSA) is 76.0 Å². The van der Waals surface area contributed by atoms with Crippen LogP contribution in [-0.2, 0) is 14.3 Å². The van der Waals surface area contributed by atoms with Gasteiger partial charge in [-0.1, -0.05) is 25.2 Å². The molecule has 0 saturated carbocycles. The first kappa shape index (κ1) is 19.9. The highest BCUT2D eigenvalue weighted by Gasteiger charge is 2.26. The average Bonchev–Trinajstić information content (AvgIpc) is 2.49. The molecule has 1 aliphatic rings. The Morgan fingerprint density at radius 3 is 2.65 bits per heavy atom. The lowest BCUT2D eigenvalue weighted by atomic mass is 9.94. The van der Waals surface area contributed by atoms with Crippen LogP contribution in [0.3, 0.4) is 0 Å². The van der Waals surface area contributed by atoms with Crippen molar-refractivity contribution in [1.82, 2.24) is 0 Å². The van der Waals surface area contributed by atoms with Crippen LogP contribution in [0.1, 0.15) is 47.0 Å². The number of carbonyl (C=O) groups excluding carboxylic acids is 1. The smallest absolute Gasteiger partial charge is 0.306 e. The second-order valence-corrected chi connectivity index (χ2v) is 6.68. The van der Waals surface area contributed by atoms with Gasteiger partial charge in [-0.2, -0.15) is 0 Å². The molecule has 1 rings (SSSR count). The highest BCUT2D eigenvalue weighted by atomic mass is 16.5. The zero-order valence-corrected chi connectivity index (χ0v) is 14.8. The molecule has 5 nitrogen and oxygen atoms in total. The highest BCUT2D eigenvalue weighted by molar-refractivity contribution is 5.69. The molecule has 1 aliphatic heterocycles. The lowest BCUT2D eigenvalue weighted by Gasteiger charge is -2.26. The van der Waals surface area contributed by atoms with Crippen molar-refractivity contribution in [2.24, 2.45) is 5.92 Å². The van der Waals surface area contributed by atoms with Crippen LogP contribution in [0.2, 0.25) is 0 Å². The fourth-order valence-corrected chi connectivity index (χ4v) is 2.47. The number of esters is 1. The average molecular weight is 326 g/mol. The predicted octanol–water partition coefficient (Wildman–Crippen LogP) is 2.37. The summed E-state index contributed by atoms with van der Waals surface area (Å²) in [6.45, 7) is 7.23. The zero-order valence-electron chi connectivity index (χ0n) is 14.8. The molecule has 5 heteroatoms. The Labute approximate surface area is 139 Å². The second kappa shape index (κ2) is 8.62. The summed E-state index contributed by atoms with van der Waals surface area (Å²) in [7, 11) is 1.60. The summed E-state index contributed by atoms with van der Waals surface area (Å²) in [5.74, 6) is -0.541. The number of aliphatic hydroxyl groups excluding tert-OH is 1. The molecule has 5 atom stereocenters. The molecule has 0 aromatic rings.